The molecule has 1 aromatic heterocycles. The summed E-state index contributed by atoms with van der Waals surface area (Å²) in [6, 6.07) is 23.4. The van der Waals surface area contributed by atoms with E-state index in [4.69, 9.17) is 0 Å². The van der Waals surface area contributed by atoms with Crippen LogP contribution in [0.3, 0.4) is 0 Å². The van der Waals surface area contributed by atoms with Gasteiger partial charge in [0.05, 0.1) is 0 Å². The molecule has 0 spiro atoms. The summed E-state index contributed by atoms with van der Waals surface area (Å²) in [6.45, 7) is 2.90. The first-order valence-electron chi connectivity index (χ1n) is 8.51. The topological polar surface area (TPSA) is 37.8 Å². The van der Waals surface area contributed by atoms with Crippen molar-refractivity contribution < 1.29 is 0 Å². The SMILES string of the molecule is Cc1ccccc1CNc1nnc(SCc2cccc3ccccc23)s1. The Morgan fingerprint density at radius 2 is 1.65 bits per heavy atom. The fraction of sp³-hybridized carbons (Fsp3) is 0.143. The van der Waals surface area contributed by atoms with Gasteiger partial charge in [0.25, 0.3) is 0 Å². The van der Waals surface area contributed by atoms with Crippen LogP contribution in [0.25, 0.3) is 10.8 Å². The van der Waals surface area contributed by atoms with E-state index in [0.717, 1.165) is 21.8 Å². The van der Waals surface area contributed by atoms with Gasteiger partial charge < -0.3 is 5.32 Å². The molecule has 1 heterocycles. The highest BCUT2D eigenvalue weighted by Gasteiger charge is 2.07. The highest BCUT2D eigenvalue weighted by molar-refractivity contribution is 8.00. The maximum atomic E-state index is 4.32. The molecule has 4 aromatic rings. The molecule has 1 N–H and O–H groups in total. The molecule has 0 atom stereocenters. The number of aryl methyl sites for hydroxylation is 1. The van der Waals surface area contributed by atoms with Crippen LogP contribution < -0.4 is 5.32 Å². The fourth-order valence-corrected chi connectivity index (χ4v) is 4.63. The summed E-state index contributed by atoms with van der Waals surface area (Å²) in [5, 5.41) is 15.4. The minimum Gasteiger partial charge on any atom is -0.356 e. The molecule has 0 bridgehead atoms. The monoisotopic (exact) mass is 377 g/mol. The van der Waals surface area contributed by atoms with Gasteiger partial charge in [-0.15, -0.1) is 10.2 Å². The molecular weight excluding hydrogens is 358 g/mol. The van der Waals surface area contributed by atoms with Crippen LogP contribution >= 0.6 is 23.1 Å². The molecular formula is C21H19N3S2. The largest absolute Gasteiger partial charge is 0.356 e. The van der Waals surface area contributed by atoms with Crippen LogP contribution in [0.4, 0.5) is 5.13 Å². The van der Waals surface area contributed by atoms with Gasteiger partial charge in [-0.1, -0.05) is 89.8 Å². The summed E-state index contributed by atoms with van der Waals surface area (Å²) in [6.07, 6.45) is 0. The number of thioether (sulfide) groups is 1. The van der Waals surface area contributed by atoms with Gasteiger partial charge in [-0.2, -0.15) is 0 Å². The number of fused-ring (bicyclic) bond motifs is 1. The lowest BCUT2D eigenvalue weighted by molar-refractivity contribution is 0.993. The van der Waals surface area contributed by atoms with Crippen LogP contribution in [0.5, 0.6) is 0 Å². The molecule has 26 heavy (non-hydrogen) atoms. The van der Waals surface area contributed by atoms with Gasteiger partial charge in [-0.05, 0) is 34.4 Å². The molecule has 3 nitrogen and oxygen atoms in total. The smallest absolute Gasteiger partial charge is 0.206 e. The zero-order valence-corrected chi connectivity index (χ0v) is 16.1. The van der Waals surface area contributed by atoms with Gasteiger partial charge in [-0.25, -0.2) is 0 Å². The van der Waals surface area contributed by atoms with Crippen molar-refractivity contribution in [2.45, 2.75) is 23.6 Å². The Bertz CT molecular complexity index is 1020. The van der Waals surface area contributed by atoms with E-state index in [1.807, 2.05) is 0 Å². The molecule has 0 saturated heterocycles. The third-order valence-corrected chi connectivity index (χ3v) is 6.39. The van der Waals surface area contributed by atoms with E-state index >= 15 is 0 Å². The Hall–Kier alpha value is -2.37. The molecule has 3 aromatic carbocycles. The van der Waals surface area contributed by atoms with Crippen LogP contribution in [0, 0.1) is 6.92 Å². The number of hydrogen-bond donors (Lipinski definition) is 1. The van der Waals surface area contributed by atoms with Gasteiger partial charge >= 0.3 is 0 Å². The van der Waals surface area contributed by atoms with E-state index in [1.54, 1.807) is 23.1 Å². The first-order chi connectivity index (χ1) is 12.8. The van der Waals surface area contributed by atoms with E-state index in [9.17, 15) is 0 Å². The van der Waals surface area contributed by atoms with Crippen molar-refractivity contribution in [2.24, 2.45) is 0 Å². The summed E-state index contributed by atoms with van der Waals surface area (Å²) >= 11 is 3.35. The van der Waals surface area contributed by atoms with Crippen LogP contribution in [0.1, 0.15) is 16.7 Å². The molecule has 0 amide bonds. The predicted octanol–water partition coefficient (Wildman–Crippen LogP) is 5.90. The summed E-state index contributed by atoms with van der Waals surface area (Å²) in [5.74, 6) is 0.897. The summed E-state index contributed by atoms with van der Waals surface area (Å²) in [4.78, 5) is 0. The fourth-order valence-electron chi connectivity index (χ4n) is 2.88. The van der Waals surface area contributed by atoms with E-state index < -0.39 is 0 Å². The zero-order chi connectivity index (χ0) is 17.8. The summed E-state index contributed by atoms with van der Waals surface area (Å²) in [5.41, 5.74) is 3.90. The Morgan fingerprint density at radius 1 is 0.885 bits per heavy atom. The number of hydrogen-bond acceptors (Lipinski definition) is 5. The zero-order valence-electron chi connectivity index (χ0n) is 14.5. The summed E-state index contributed by atoms with van der Waals surface area (Å²) < 4.78 is 0.991. The Kier molecular flexibility index (Phi) is 5.18. The molecule has 0 fully saturated rings. The molecule has 0 aliphatic heterocycles. The Morgan fingerprint density at radius 3 is 2.58 bits per heavy atom. The minimum atomic E-state index is 0.773. The molecule has 4 rings (SSSR count). The average molecular weight is 378 g/mol. The van der Waals surface area contributed by atoms with E-state index in [1.165, 1.54) is 27.5 Å². The van der Waals surface area contributed by atoms with Crippen molar-refractivity contribution in [3.8, 4) is 0 Å². The lowest BCUT2D eigenvalue weighted by atomic mass is 10.1. The standard InChI is InChI=1S/C21H19N3S2/c1-15-7-2-3-9-17(15)13-22-20-23-24-21(26-20)25-14-18-11-6-10-16-8-4-5-12-19(16)18/h2-12H,13-14H2,1H3,(H,22,23). The van der Waals surface area contributed by atoms with E-state index in [0.29, 0.717) is 0 Å². The van der Waals surface area contributed by atoms with Crippen molar-refractivity contribution in [3.05, 3.63) is 83.4 Å². The van der Waals surface area contributed by atoms with Crippen molar-refractivity contribution >= 4 is 39.0 Å². The summed E-state index contributed by atoms with van der Waals surface area (Å²) in [7, 11) is 0. The second-order valence-electron chi connectivity index (χ2n) is 6.08. The molecule has 0 aliphatic rings. The molecule has 0 unspecified atom stereocenters. The quantitative estimate of drug-likeness (QED) is 0.424. The lowest BCUT2D eigenvalue weighted by Gasteiger charge is -2.05. The number of benzene rings is 3. The maximum absolute atomic E-state index is 4.32. The normalized spacial score (nSPS) is 11.0. The van der Waals surface area contributed by atoms with E-state index in [-0.39, 0.29) is 0 Å². The molecule has 130 valence electrons. The van der Waals surface area contributed by atoms with Gasteiger partial charge in [0.1, 0.15) is 0 Å². The first kappa shape index (κ1) is 17.1. The third-order valence-electron chi connectivity index (χ3n) is 4.33. The molecule has 0 radical (unpaired) electrons. The van der Waals surface area contributed by atoms with Crippen LogP contribution in [-0.4, -0.2) is 10.2 Å². The van der Waals surface area contributed by atoms with Gasteiger partial charge in [0.15, 0.2) is 4.34 Å². The third kappa shape index (κ3) is 3.89. The number of rotatable bonds is 6. The number of nitrogens with one attached hydrogen (secondary N) is 1. The van der Waals surface area contributed by atoms with Crippen molar-refractivity contribution in [3.63, 3.8) is 0 Å². The molecule has 5 heteroatoms. The van der Waals surface area contributed by atoms with Crippen LogP contribution in [0.15, 0.2) is 71.1 Å². The average Bonchev–Trinajstić information content (AvgIpc) is 3.13. The maximum Gasteiger partial charge on any atom is 0.206 e. The number of aromatic nitrogens is 2. The second kappa shape index (κ2) is 7.89. The lowest BCUT2D eigenvalue weighted by Crippen LogP contribution is -2.00. The highest BCUT2D eigenvalue weighted by atomic mass is 32.2. The highest BCUT2D eigenvalue weighted by Crippen LogP contribution is 2.31. The Labute approximate surface area is 161 Å². The number of anilines is 1. The minimum absolute atomic E-state index is 0.773. The number of nitrogens with zero attached hydrogens (tertiary/aromatic N) is 2. The molecule has 0 saturated carbocycles. The van der Waals surface area contributed by atoms with Crippen molar-refractivity contribution in [1.29, 1.82) is 0 Å². The first-order valence-corrected chi connectivity index (χ1v) is 10.3. The van der Waals surface area contributed by atoms with Gasteiger partial charge in [-0.3, -0.25) is 0 Å². The Balaban J connectivity index is 1.40. The van der Waals surface area contributed by atoms with Gasteiger partial charge in [0, 0.05) is 12.3 Å². The molecule has 0 aliphatic carbocycles. The van der Waals surface area contributed by atoms with Crippen LogP contribution in [0.2, 0.25) is 0 Å². The van der Waals surface area contributed by atoms with Crippen molar-refractivity contribution in [1.82, 2.24) is 10.2 Å². The van der Waals surface area contributed by atoms with Gasteiger partial charge in [0.2, 0.25) is 5.13 Å². The van der Waals surface area contributed by atoms with E-state index in [2.05, 4.69) is 89.2 Å². The van der Waals surface area contributed by atoms with Crippen molar-refractivity contribution in [2.75, 3.05) is 5.32 Å². The second-order valence-corrected chi connectivity index (χ2v) is 8.28. The van der Waals surface area contributed by atoms with Crippen LogP contribution in [-0.2, 0) is 12.3 Å². The predicted molar refractivity (Wildman–Crippen MR) is 112 cm³/mol.